The number of halogens is 1. The van der Waals surface area contributed by atoms with Crippen LogP contribution in [0.25, 0.3) is 0 Å². The lowest BCUT2D eigenvalue weighted by Crippen LogP contribution is -2.50. The quantitative estimate of drug-likeness (QED) is 0.626. The van der Waals surface area contributed by atoms with Crippen LogP contribution in [0.3, 0.4) is 0 Å². The molecule has 1 saturated carbocycles. The largest absolute Gasteiger partial charge is 0.481 e. The molecule has 2 rings (SSSR count). The van der Waals surface area contributed by atoms with Gasteiger partial charge in [-0.15, -0.1) is 0 Å². The maximum absolute atomic E-state index is 13.7. The fourth-order valence-electron chi connectivity index (χ4n) is 2.28. The number of benzene rings is 1. The van der Waals surface area contributed by atoms with Crippen molar-refractivity contribution in [3.8, 4) is 5.75 Å². The lowest BCUT2D eigenvalue weighted by molar-refractivity contribution is -0.386. The molecule has 0 aliphatic heterocycles. The Morgan fingerprint density at radius 1 is 1.55 bits per heavy atom. The second-order valence-corrected chi connectivity index (χ2v) is 4.85. The van der Waals surface area contributed by atoms with Crippen molar-refractivity contribution in [2.75, 3.05) is 0 Å². The standard InChI is InChI=1S/C12H14FN3O4/c13-8-2-1-3-9(16(18)19)10(8)20-7-4-5-12(15,6-7)11(14)17/h1-3,7H,4-6,15H2,(H2,14,17). The molecule has 0 heterocycles. The fourth-order valence-corrected chi connectivity index (χ4v) is 2.28. The maximum Gasteiger partial charge on any atom is 0.314 e. The van der Waals surface area contributed by atoms with Gasteiger partial charge in [-0.05, 0) is 18.9 Å². The summed E-state index contributed by atoms with van der Waals surface area (Å²) in [6, 6.07) is 3.45. The summed E-state index contributed by atoms with van der Waals surface area (Å²) in [5.74, 6) is -1.92. The zero-order valence-corrected chi connectivity index (χ0v) is 10.5. The first-order valence-corrected chi connectivity index (χ1v) is 6.02. The molecule has 7 nitrogen and oxygen atoms in total. The molecule has 1 aliphatic rings. The average Bonchev–Trinajstić information content (AvgIpc) is 2.75. The van der Waals surface area contributed by atoms with E-state index in [9.17, 15) is 19.3 Å². The van der Waals surface area contributed by atoms with Crippen molar-refractivity contribution in [1.82, 2.24) is 0 Å². The van der Waals surface area contributed by atoms with Crippen LogP contribution in [0.4, 0.5) is 10.1 Å². The van der Waals surface area contributed by atoms with Crippen molar-refractivity contribution in [1.29, 1.82) is 0 Å². The number of para-hydroxylation sites is 1. The zero-order chi connectivity index (χ0) is 14.9. The molecule has 1 fully saturated rings. The molecule has 1 aromatic rings. The van der Waals surface area contributed by atoms with E-state index in [2.05, 4.69) is 0 Å². The highest BCUT2D eigenvalue weighted by molar-refractivity contribution is 5.84. The molecule has 1 aliphatic carbocycles. The van der Waals surface area contributed by atoms with Crippen molar-refractivity contribution in [2.45, 2.75) is 30.9 Å². The molecule has 0 saturated heterocycles. The minimum atomic E-state index is -1.20. The summed E-state index contributed by atoms with van der Waals surface area (Å²) >= 11 is 0. The zero-order valence-electron chi connectivity index (χ0n) is 10.5. The monoisotopic (exact) mass is 283 g/mol. The van der Waals surface area contributed by atoms with E-state index >= 15 is 0 Å². The first kappa shape index (κ1) is 14.2. The lowest BCUT2D eigenvalue weighted by atomic mass is 9.99. The molecule has 2 unspecified atom stereocenters. The van der Waals surface area contributed by atoms with Crippen molar-refractivity contribution in [3.63, 3.8) is 0 Å². The van der Waals surface area contributed by atoms with Gasteiger partial charge in [-0.1, -0.05) is 6.07 Å². The topological polar surface area (TPSA) is 121 Å². The summed E-state index contributed by atoms with van der Waals surface area (Å²) in [5, 5.41) is 10.8. The van der Waals surface area contributed by atoms with E-state index in [-0.39, 0.29) is 6.42 Å². The van der Waals surface area contributed by atoms with Gasteiger partial charge in [-0.3, -0.25) is 14.9 Å². The summed E-state index contributed by atoms with van der Waals surface area (Å²) in [6.07, 6.45) is 0.205. The first-order chi connectivity index (χ1) is 9.33. The third kappa shape index (κ3) is 2.55. The highest BCUT2D eigenvalue weighted by Crippen LogP contribution is 2.35. The summed E-state index contributed by atoms with van der Waals surface area (Å²) < 4.78 is 19.0. The average molecular weight is 283 g/mol. The Balaban J connectivity index is 2.20. The molecular formula is C12H14FN3O4. The minimum absolute atomic E-state index is 0.105. The van der Waals surface area contributed by atoms with Crippen LogP contribution < -0.4 is 16.2 Å². The van der Waals surface area contributed by atoms with Crippen LogP contribution >= 0.6 is 0 Å². The van der Waals surface area contributed by atoms with Crippen LogP contribution in [-0.2, 0) is 4.79 Å². The minimum Gasteiger partial charge on any atom is -0.481 e. The number of nitrogens with two attached hydrogens (primary N) is 2. The Kier molecular flexibility index (Phi) is 3.58. The number of amides is 1. The van der Waals surface area contributed by atoms with Crippen molar-refractivity contribution in [2.24, 2.45) is 11.5 Å². The molecule has 4 N–H and O–H groups in total. The van der Waals surface area contributed by atoms with Gasteiger partial charge in [0.15, 0.2) is 5.82 Å². The van der Waals surface area contributed by atoms with Gasteiger partial charge in [-0.2, -0.15) is 0 Å². The Labute approximate surface area is 113 Å². The van der Waals surface area contributed by atoms with Gasteiger partial charge >= 0.3 is 5.69 Å². The molecule has 1 aromatic carbocycles. The number of hydrogen-bond donors (Lipinski definition) is 2. The number of ether oxygens (including phenoxy) is 1. The van der Waals surface area contributed by atoms with E-state index < -0.39 is 39.7 Å². The summed E-state index contributed by atoms with van der Waals surface area (Å²) in [4.78, 5) is 21.3. The Morgan fingerprint density at radius 2 is 2.25 bits per heavy atom. The Morgan fingerprint density at radius 3 is 2.80 bits per heavy atom. The normalized spacial score (nSPS) is 25.4. The summed E-state index contributed by atoms with van der Waals surface area (Å²) in [5.41, 5.74) is 9.33. The van der Waals surface area contributed by atoms with Crippen molar-refractivity contribution in [3.05, 3.63) is 34.1 Å². The number of carbonyl (C=O) groups excluding carboxylic acids is 1. The van der Waals surface area contributed by atoms with E-state index in [1.54, 1.807) is 0 Å². The van der Waals surface area contributed by atoms with Gasteiger partial charge in [0.25, 0.3) is 0 Å². The van der Waals surface area contributed by atoms with E-state index in [0.29, 0.717) is 12.8 Å². The van der Waals surface area contributed by atoms with Gasteiger partial charge in [0, 0.05) is 12.5 Å². The van der Waals surface area contributed by atoms with Gasteiger partial charge in [0.2, 0.25) is 11.7 Å². The van der Waals surface area contributed by atoms with Crippen LogP contribution in [0.5, 0.6) is 5.75 Å². The Hall–Kier alpha value is -2.22. The van der Waals surface area contributed by atoms with Crippen molar-refractivity contribution < 1.29 is 18.8 Å². The molecule has 0 radical (unpaired) electrons. The van der Waals surface area contributed by atoms with Crippen LogP contribution in [0, 0.1) is 15.9 Å². The predicted octanol–water partition coefficient (Wildman–Crippen LogP) is 0.848. The maximum atomic E-state index is 13.7. The van der Waals surface area contributed by atoms with Crippen molar-refractivity contribution >= 4 is 11.6 Å². The number of nitrogens with zero attached hydrogens (tertiary/aromatic N) is 1. The van der Waals surface area contributed by atoms with E-state index in [1.165, 1.54) is 6.07 Å². The molecular weight excluding hydrogens is 269 g/mol. The molecule has 1 amide bonds. The van der Waals surface area contributed by atoms with Crippen LogP contribution in [-0.4, -0.2) is 22.5 Å². The summed E-state index contributed by atoms with van der Waals surface area (Å²) in [6.45, 7) is 0. The molecule has 0 spiro atoms. The number of carbonyl (C=O) groups is 1. The van der Waals surface area contributed by atoms with Crippen LogP contribution in [0.15, 0.2) is 18.2 Å². The molecule has 8 heteroatoms. The molecule has 2 atom stereocenters. The number of rotatable bonds is 4. The summed E-state index contributed by atoms with van der Waals surface area (Å²) in [7, 11) is 0. The van der Waals surface area contributed by atoms with Crippen LogP contribution in [0.1, 0.15) is 19.3 Å². The van der Waals surface area contributed by atoms with Crippen LogP contribution in [0.2, 0.25) is 0 Å². The molecule has 108 valence electrons. The second-order valence-electron chi connectivity index (χ2n) is 4.85. The van der Waals surface area contributed by atoms with Gasteiger partial charge in [0.05, 0.1) is 10.5 Å². The van der Waals surface area contributed by atoms with E-state index in [0.717, 1.165) is 12.1 Å². The lowest BCUT2D eigenvalue weighted by Gasteiger charge is -2.19. The number of nitro groups is 1. The van der Waals surface area contributed by atoms with Gasteiger partial charge < -0.3 is 16.2 Å². The molecule has 0 aromatic heterocycles. The highest BCUT2D eigenvalue weighted by Gasteiger charge is 2.42. The fraction of sp³-hybridized carbons (Fsp3) is 0.417. The number of primary amides is 1. The number of hydrogen-bond acceptors (Lipinski definition) is 5. The first-order valence-electron chi connectivity index (χ1n) is 6.02. The van der Waals surface area contributed by atoms with E-state index in [4.69, 9.17) is 16.2 Å². The highest BCUT2D eigenvalue weighted by atomic mass is 19.1. The number of nitro benzene ring substituents is 1. The molecule has 0 bridgehead atoms. The molecule has 20 heavy (non-hydrogen) atoms. The second kappa shape index (κ2) is 5.04. The Bertz CT molecular complexity index is 566. The third-order valence-electron chi connectivity index (χ3n) is 3.42. The smallest absolute Gasteiger partial charge is 0.314 e. The van der Waals surface area contributed by atoms with Gasteiger partial charge in [-0.25, -0.2) is 4.39 Å². The SMILES string of the molecule is NC(=O)C1(N)CCC(Oc2c(F)cccc2[N+](=O)[O-])C1. The third-order valence-corrected chi connectivity index (χ3v) is 3.42. The van der Waals surface area contributed by atoms with E-state index in [1.807, 2.05) is 0 Å². The van der Waals surface area contributed by atoms with Gasteiger partial charge in [0.1, 0.15) is 6.10 Å². The predicted molar refractivity (Wildman–Crippen MR) is 67.4 cm³/mol.